The Bertz CT molecular complexity index is 526. The highest BCUT2D eigenvalue weighted by Gasteiger charge is 2.01. The first-order chi connectivity index (χ1) is 8.65. The molecule has 5 heteroatoms. The molecule has 0 fully saturated rings. The zero-order chi connectivity index (χ0) is 13.0. The first-order valence-corrected chi connectivity index (χ1v) is 6.33. The lowest BCUT2D eigenvalue weighted by molar-refractivity contribution is 0.676. The normalized spacial score (nSPS) is 10.6. The Morgan fingerprint density at radius 3 is 2.61 bits per heavy atom. The molecule has 94 valence electrons. The first-order valence-electron chi connectivity index (χ1n) is 5.57. The Morgan fingerprint density at radius 2 is 1.94 bits per heavy atom. The minimum atomic E-state index is 0.646. The van der Waals surface area contributed by atoms with Crippen molar-refractivity contribution in [3.05, 3.63) is 57.6 Å². The van der Waals surface area contributed by atoms with Gasteiger partial charge >= 0.3 is 0 Å². The molecule has 0 atom stereocenters. The van der Waals surface area contributed by atoms with Crippen LogP contribution in [0, 0.1) is 6.92 Å². The molecule has 0 amide bonds. The van der Waals surface area contributed by atoms with Crippen molar-refractivity contribution < 1.29 is 0 Å². The molecular formula is C13H13Cl2N3. The van der Waals surface area contributed by atoms with Crippen LogP contribution < -0.4 is 5.32 Å². The lowest BCUT2D eigenvalue weighted by Crippen LogP contribution is -2.14. The van der Waals surface area contributed by atoms with E-state index >= 15 is 0 Å². The van der Waals surface area contributed by atoms with Crippen molar-refractivity contribution in [2.75, 3.05) is 0 Å². The second kappa shape index (κ2) is 6.14. The summed E-state index contributed by atoms with van der Waals surface area (Å²) in [5.41, 5.74) is 2.84. The molecule has 3 nitrogen and oxygen atoms in total. The molecule has 0 saturated heterocycles. The lowest BCUT2D eigenvalue weighted by atomic mass is 10.2. The summed E-state index contributed by atoms with van der Waals surface area (Å²) in [5.74, 6) is 0. The van der Waals surface area contributed by atoms with Gasteiger partial charge in [-0.05, 0) is 24.6 Å². The maximum absolute atomic E-state index is 6.08. The molecule has 2 aromatic rings. The summed E-state index contributed by atoms with van der Waals surface area (Å²) >= 11 is 11.9. The second-order valence-electron chi connectivity index (χ2n) is 3.99. The summed E-state index contributed by atoms with van der Waals surface area (Å²) in [4.78, 5) is 8.45. The summed E-state index contributed by atoms with van der Waals surface area (Å²) < 4.78 is 0. The van der Waals surface area contributed by atoms with Gasteiger partial charge in [0, 0.05) is 35.5 Å². The lowest BCUT2D eigenvalue weighted by Gasteiger charge is -2.06. The van der Waals surface area contributed by atoms with Crippen LogP contribution in [0.4, 0.5) is 0 Å². The van der Waals surface area contributed by atoms with Crippen LogP contribution >= 0.6 is 23.2 Å². The third kappa shape index (κ3) is 3.67. The van der Waals surface area contributed by atoms with Gasteiger partial charge in [-0.3, -0.25) is 9.97 Å². The average Bonchev–Trinajstić information content (AvgIpc) is 2.34. The molecule has 0 saturated carbocycles. The monoisotopic (exact) mass is 281 g/mol. The number of nitrogens with zero attached hydrogens (tertiary/aromatic N) is 2. The van der Waals surface area contributed by atoms with Crippen LogP contribution in [0.1, 0.15) is 17.0 Å². The largest absolute Gasteiger partial charge is 0.307 e. The molecule has 0 radical (unpaired) electrons. The Kier molecular flexibility index (Phi) is 4.53. The van der Waals surface area contributed by atoms with Gasteiger partial charge < -0.3 is 5.32 Å². The SMILES string of the molecule is Cc1cnc(CNCc2ccc(Cl)cc2Cl)cn1. The van der Waals surface area contributed by atoms with Crippen molar-refractivity contribution in [3.8, 4) is 0 Å². The van der Waals surface area contributed by atoms with Gasteiger partial charge in [0.1, 0.15) is 0 Å². The maximum atomic E-state index is 6.08. The van der Waals surface area contributed by atoms with Crippen molar-refractivity contribution in [1.82, 2.24) is 15.3 Å². The molecule has 0 spiro atoms. The van der Waals surface area contributed by atoms with E-state index in [2.05, 4.69) is 15.3 Å². The second-order valence-corrected chi connectivity index (χ2v) is 4.83. The molecule has 0 aliphatic carbocycles. The molecule has 2 rings (SSSR count). The predicted molar refractivity (Wildman–Crippen MR) is 73.8 cm³/mol. The van der Waals surface area contributed by atoms with Gasteiger partial charge in [-0.1, -0.05) is 29.3 Å². The third-order valence-electron chi connectivity index (χ3n) is 2.47. The Labute approximate surface area is 116 Å². The average molecular weight is 282 g/mol. The van der Waals surface area contributed by atoms with Gasteiger partial charge in [0.25, 0.3) is 0 Å². The van der Waals surface area contributed by atoms with Gasteiger partial charge in [-0.2, -0.15) is 0 Å². The van der Waals surface area contributed by atoms with Gasteiger partial charge in [0.15, 0.2) is 0 Å². The van der Waals surface area contributed by atoms with E-state index in [4.69, 9.17) is 23.2 Å². The van der Waals surface area contributed by atoms with Crippen molar-refractivity contribution >= 4 is 23.2 Å². The highest BCUT2D eigenvalue weighted by molar-refractivity contribution is 6.35. The molecule has 0 aliphatic heterocycles. The molecular weight excluding hydrogens is 269 g/mol. The van der Waals surface area contributed by atoms with Crippen molar-refractivity contribution in [3.63, 3.8) is 0 Å². The maximum Gasteiger partial charge on any atom is 0.0724 e. The molecule has 1 aromatic carbocycles. The minimum Gasteiger partial charge on any atom is -0.307 e. The number of benzene rings is 1. The van der Waals surface area contributed by atoms with Gasteiger partial charge in [-0.25, -0.2) is 0 Å². The van der Waals surface area contributed by atoms with E-state index in [-0.39, 0.29) is 0 Å². The van der Waals surface area contributed by atoms with E-state index in [1.54, 1.807) is 18.5 Å². The van der Waals surface area contributed by atoms with Crippen LogP contribution in [0.15, 0.2) is 30.6 Å². The standard InChI is InChI=1S/C13H13Cl2N3/c1-9-5-18-12(8-17-9)7-16-6-10-2-3-11(14)4-13(10)15/h2-5,8,16H,6-7H2,1H3. The third-order valence-corrected chi connectivity index (χ3v) is 3.06. The van der Waals surface area contributed by atoms with Crippen LogP contribution in [0.3, 0.4) is 0 Å². The topological polar surface area (TPSA) is 37.8 Å². The Morgan fingerprint density at radius 1 is 1.11 bits per heavy atom. The van der Waals surface area contributed by atoms with Gasteiger partial charge in [0.2, 0.25) is 0 Å². The number of aryl methyl sites for hydroxylation is 1. The summed E-state index contributed by atoms with van der Waals surface area (Å²) in [6.07, 6.45) is 3.53. The van der Waals surface area contributed by atoms with E-state index in [0.717, 1.165) is 17.0 Å². The Hall–Kier alpha value is -1.16. The Balaban J connectivity index is 1.90. The number of halogens is 2. The summed E-state index contributed by atoms with van der Waals surface area (Å²) in [7, 11) is 0. The zero-order valence-corrected chi connectivity index (χ0v) is 11.5. The van der Waals surface area contributed by atoms with E-state index < -0.39 is 0 Å². The first kappa shape index (κ1) is 13.3. The predicted octanol–water partition coefficient (Wildman–Crippen LogP) is 3.38. The van der Waals surface area contributed by atoms with E-state index in [1.807, 2.05) is 19.1 Å². The molecule has 18 heavy (non-hydrogen) atoms. The number of hydrogen-bond acceptors (Lipinski definition) is 3. The van der Waals surface area contributed by atoms with Crippen LogP contribution in [-0.2, 0) is 13.1 Å². The summed E-state index contributed by atoms with van der Waals surface area (Å²) in [6, 6.07) is 5.49. The molecule has 1 heterocycles. The van der Waals surface area contributed by atoms with E-state index in [9.17, 15) is 0 Å². The highest BCUT2D eigenvalue weighted by Crippen LogP contribution is 2.20. The molecule has 1 N–H and O–H groups in total. The van der Waals surface area contributed by atoms with Gasteiger partial charge in [0.05, 0.1) is 11.4 Å². The van der Waals surface area contributed by atoms with E-state index in [1.165, 1.54) is 0 Å². The fraction of sp³-hybridized carbons (Fsp3) is 0.231. The van der Waals surface area contributed by atoms with Crippen molar-refractivity contribution in [2.45, 2.75) is 20.0 Å². The smallest absolute Gasteiger partial charge is 0.0724 e. The number of hydrogen-bond donors (Lipinski definition) is 1. The van der Waals surface area contributed by atoms with Crippen LogP contribution in [-0.4, -0.2) is 9.97 Å². The van der Waals surface area contributed by atoms with E-state index in [0.29, 0.717) is 23.1 Å². The van der Waals surface area contributed by atoms with Crippen LogP contribution in [0.2, 0.25) is 10.0 Å². The molecule has 0 aliphatic rings. The summed E-state index contributed by atoms with van der Waals surface area (Å²) in [6.45, 7) is 3.25. The molecule has 0 bridgehead atoms. The van der Waals surface area contributed by atoms with Crippen molar-refractivity contribution in [2.24, 2.45) is 0 Å². The minimum absolute atomic E-state index is 0.646. The number of rotatable bonds is 4. The molecule has 1 aromatic heterocycles. The fourth-order valence-electron chi connectivity index (χ4n) is 1.50. The summed E-state index contributed by atoms with van der Waals surface area (Å²) in [5, 5.41) is 4.59. The van der Waals surface area contributed by atoms with Crippen molar-refractivity contribution in [1.29, 1.82) is 0 Å². The number of nitrogens with one attached hydrogen (secondary N) is 1. The number of aromatic nitrogens is 2. The van der Waals surface area contributed by atoms with Crippen LogP contribution in [0.5, 0.6) is 0 Å². The fourth-order valence-corrected chi connectivity index (χ4v) is 1.98. The van der Waals surface area contributed by atoms with Crippen LogP contribution in [0.25, 0.3) is 0 Å². The molecule has 0 unspecified atom stereocenters. The highest BCUT2D eigenvalue weighted by atomic mass is 35.5. The zero-order valence-electron chi connectivity index (χ0n) is 9.95. The quantitative estimate of drug-likeness (QED) is 0.934. The van der Waals surface area contributed by atoms with Gasteiger partial charge in [-0.15, -0.1) is 0 Å².